The molecular weight excluding hydrogens is 188 g/mol. The van der Waals surface area contributed by atoms with E-state index < -0.39 is 0 Å². The zero-order valence-corrected chi connectivity index (χ0v) is 9.12. The number of aromatic nitrogens is 2. The molecule has 1 aromatic rings. The minimum Gasteiger partial charge on any atom is -0.343 e. The fourth-order valence-electron chi connectivity index (χ4n) is 1.61. The maximum atomic E-state index is 4.22. The van der Waals surface area contributed by atoms with Crippen molar-refractivity contribution in [1.82, 2.24) is 15.1 Å². The average Bonchev–Trinajstić information content (AvgIpc) is 2.50. The Bertz CT molecular complexity index is 401. The molecule has 0 unspecified atom stereocenters. The number of anilines is 1. The van der Waals surface area contributed by atoms with E-state index >= 15 is 0 Å². The van der Waals surface area contributed by atoms with Gasteiger partial charge in [-0.15, -0.1) is 0 Å². The van der Waals surface area contributed by atoms with E-state index in [1.807, 2.05) is 37.0 Å². The molecule has 0 fully saturated rings. The van der Waals surface area contributed by atoms with Crippen LogP contribution in [0.3, 0.4) is 0 Å². The SMILES string of the molecule is C/C=C\C=C1/CNCc2cnn(C)c2N1. The summed E-state index contributed by atoms with van der Waals surface area (Å²) < 4.78 is 1.87. The number of aryl methyl sites for hydroxylation is 1. The third-order valence-corrected chi connectivity index (χ3v) is 2.41. The lowest BCUT2D eigenvalue weighted by Gasteiger charge is -2.07. The minimum absolute atomic E-state index is 0.860. The van der Waals surface area contributed by atoms with Gasteiger partial charge in [0.05, 0.1) is 6.20 Å². The summed E-state index contributed by atoms with van der Waals surface area (Å²) in [5, 5.41) is 11.0. The van der Waals surface area contributed by atoms with Crippen LogP contribution < -0.4 is 10.6 Å². The lowest BCUT2D eigenvalue weighted by Crippen LogP contribution is -2.16. The molecule has 2 heterocycles. The van der Waals surface area contributed by atoms with Gasteiger partial charge >= 0.3 is 0 Å². The van der Waals surface area contributed by atoms with Crippen molar-refractivity contribution in [3.05, 3.63) is 35.7 Å². The first kappa shape index (κ1) is 9.98. The maximum Gasteiger partial charge on any atom is 0.132 e. The number of hydrogen-bond donors (Lipinski definition) is 2. The lowest BCUT2D eigenvalue weighted by molar-refractivity contribution is 0.752. The Labute approximate surface area is 89.7 Å². The molecule has 15 heavy (non-hydrogen) atoms. The molecule has 1 aromatic heterocycles. The van der Waals surface area contributed by atoms with Crippen LogP contribution in [0.5, 0.6) is 0 Å². The predicted molar refractivity (Wildman–Crippen MR) is 61.4 cm³/mol. The van der Waals surface area contributed by atoms with Gasteiger partial charge in [0, 0.05) is 31.4 Å². The van der Waals surface area contributed by atoms with Crippen LogP contribution in [-0.2, 0) is 13.6 Å². The monoisotopic (exact) mass is 204 g/mol. The molecule has 4 nitrogen and oxygen atoms in total. The highest BCUT2D eigenvalue weighted by molar-refractivity contribution is 5.50. The number of allylic oxidation sites excluding steroid dienone is 3. The molecule has 2 rings (SSSR count). The first-order chi connectivity index (χ1) is 7.31. The first-order valence-electron chi connectivity index (χ1n) is 5.11. The van der Waals surface area contributed by atoms with E-state index in [4.69, 9.17) is 0 Å². The molecule has 0 amide bonds. The molecule has 0 radical (unpaired) electrons. The molecule has 0 saturated heterocycles. The topological polar surface area (TPSA) is 41.9 Å². The summed E-state index contributed by atoms with van der Waals surface area (Å²) in [6.07, 6.45) is 8.03. The van der Waals surface area contributed by atoms with Crippen LogP contribution in [0.2, 0.25) is 0 Å². The van der Waals surface area contributed by atoms with E-state index in [0.717, 1.165) is 24.6 Å². The number of nitrogens with one attached hydrogen (secondary N) is 2. The highest BCUT2D eigenvalue weighted by Gasteiger charge is 2.12. The number of fused-ring (bicyclic) bond motifs is 1. The molecule has 0 spiro atoms. The summed E-state index contributed by atoms with van der Waals surface area (Å²) in [6.45, 7) is 3.74. The molecule has 1 aliphatic heterocycles. The Morgan fingerprint density at radius 3 is 3.13 bits per heavy atom. The Morgan fingerprint density at radius 1 is 1.47 bits per heavy atom. The predicted octanol–water partition coefficient (Wildman–Crippen LogP) is 1.40. The van der Waals surface area contributed by atoms with E-state index in [0.29, 0.717) is 0 Å². The van der Waals surface area contributed by atoms with Gasteiger partial charge in [-0.2, -0.15) is 5.10 Å². The summed E-state index contributed by atoms with van der Waals surface area (Å²) in [6, 6.07) is 0. The number of hydrogen-bond acceptors (Lipinski definition) is 3. The third-order valence-electron chi connectivity index (χ3n) is 2.41. The Hall–Kier alpha value is -1.55. The average molecular weight is 204 g/mol. The molecule has 0 atom stereocenters. The van der Waals surface area contributed by atoms with Crippen LogP contribution in [0.1, 0.15) is 12.5 Å². The van der Waals surface area contributed by atoms with Crippen molar-refractivity contribution in [3.63, 3.8) is 0 Å². The van der Waals surface area contributed by atoms with Gasteiger partial charge in [-0.05, 0) is 13.0 Å². The van der Waals surface area contributed by atoms with Crippen molar-refractivity contribution < 1.29 is 0 Å². The van der Waals surface area contributed by atoms with Gasteiger partial charge in [0.1, 0.15) is 5.82 Å². The van der Waals surface area contributed by atoms with E-state index in [1.165, 1.54) is 5.56 Å². The van der Waals surface area contributed by atoms with Crippen LogP contribution in [-0.4, -0.2) is 16.3 Å². The lowest BCUT2D eigenvalue weighted by atomic mass is 10.3. The van der Waals surface area contributed by atoms with Crippen molar-refractivity contribution in [2.24, 2.45) is 7.05 Å². The van der Waals surface area contributed by atoms with Crippen LogP contribution >= 0.6 is 0 Å². The van der Waals surface area contributed by atoms with Gasteiger partial charge in [-0.3, -0.25) is 4.68 Å². The summed E-state index contributed by atoms with van der Waals surface area (Å²) >= 11 is 0. The van der Waals surface area contributed by atoms with Crippen LogP contribution in [0.4, 0.5) is 5.82 Å². The second-order valence-electron chi connectivity index (χ2n) is 3.59. The Balaban J connectivity index is 2.27. The quantitative estimate of drug-likeness (QED) is 0.726. The number of rotatable bonds is 1. The van der Waals surface area contributed by atoms with Crippen LogP contribution in [0.25, 0.3) is 0 Å². The minimum atomic E-state index is 0.860. The summed E-state index contributed by atoms with van der Waals surface area (Å²) in [5.41, 5.74) is 2.37. The van der Waals surface area contributed by atoms with Crippen molar-refractivity contribution in [1.29, 1.82) is 0 Å². The maximum absolute atomic E-state index is 4.22. The van der Waals surface area contributed by atoms with Gasteiger partial charge in [0.15, 0.2) is 0 Å². The van der Waals surface area contributed by atoms with Gasteiger partial charge in [-0.1, -0.05) is 12.2 Å². The zero-order chi connectivity index (χ0) is 10.7. The molecule has 80 valence electrons. The fraction of sp³-hybridized carbons (Fsp3) is 0.364. The summed E-state index contributed by atoms with van der Waals surface area (Å²) in [4.78, 5) is 0. The van der Waals surface area contributed by atoms with Crippen LogP contribution in [0.15, 0.2) is 30.1 Å². The molecular formula is C11H16N4. The molecule has 0 aliphatic carbocycles. The smallest absolute Gasteiger partial charge is 0.132 e. The Kier molecular flexibility index (Phi) is 2.87. The fourth-order valence-corrected chi connectivity index (χ4v) is 1.61. The summed E-state index contributed by atoms with van der Waals surface area (Å²) in [7, 11) is 1.95. The highest BCUT2D eigenvalue weighted by Crippen LogP contribution is 2.18. The molecule has 1 aliphatic rings. The normalized spacial score (nSPS) is 18.9. The Morgan fingerprint density at radius 2 is 2.33 bits per heavy atom. The molecule has 0 saturated carbocycles. The molecule has 4 heteroatoms. The van der Waals surface area contributed by atoms with E-state index in [2.05, 4.69) is 21.8 Å². The van der Waals surface area contributed by atoms with Crippen molar-refractivity contribution >= 4 is 5.82 Å². The molecule has 0 bridgehead atoms. The largest absolute Gasteiger partial charge is 0.343 e. The van der Waals surface area contributed by atoms with Crippen molar-refractivity contribution in [2.45, 2.75) is 13.5 Å². The van der Waals surface area contributed by atoms with E-state index in [1.54, 1.807) is 0 Å². The molecule has 0 aromatic carbocycles. The van der Waals surface area contributed by atoms with Gasteiger partial charge in [-0.25, -0.2) is 0 Å². The van der Waals surface area contributed by atoms with Gasteiger partial charge < -0.3 is 10.6 Å². The van der Waals surface area contributed by atoms with Gasteiger partial charge in [0.2, 0.25) is 0 Å². The van der Waals surface area contributed by atoms with Gasteiger partial charge in [0.25, 0.3) is 0 Å². The first-order valence-corrected chi connectivity index (χ1v) is 5.11. The molecule has 2 N–H and O–H groups in total. The summed E-state index contributed by atoms with van der Waals surface area (Å²) in [5.74, 6) is 1.08. The van der Waals surface area contributed by atoms with E-state index in [-0.39, 0.29) is 0 Å². The van der Waals surface area contributed by atoms with Crippen molar-refractivity contribution in [2.75, 3.05) is 11.9 Å². The van der Waals surface area contributed by atoms with E-state index in [9.17, 15) is 0 Å². The third kappa shape index (κ3) is 2.10. The highest BCUT2D eigenvalue weighted by atomic mass is 15.3. The van der Waals surface area contributed by atoms with Crippen LogP contribution in [0, 0.1) is 0 Å². The zero-order valence-electron chi connectivity index (χ0n) is 9.12. The second-order valence-corrected chi connectivity index (χ2v) is 3.59. The second kappa shape index (κ2) is 4.31. The van der Waals surface area contributed by atoms with Crippen molar-refractivity contribution in [3.8, 4) is 0 Å². The standard InChI is InChI=1S/C11H16N4/c1-3-4-5-10-8-12-6-9-7-13-15(2)11(9)14-10/h3-5,7,12,14H,6,8H2,1-2H3/b4-3-,10-5+. The number of nitrogens with zero attached hydrogens (tertiary/aromatic N) is 2.